The van der Waals surface area contributed by atoms with E-state index < -0.39 is 0 Å². The monoisotopic (exact) mass is 389 g/mol. The van der Waals surface area contributed by atoms with Crippen molar-refractivity contribution in [2.75, 3.05) is 19.1 Å². The molecular weight excluding hydrogens is 366 g/mol. The number of amides is 1. The Morgan fingerprint density at radius 1 is 1.14 bits per heavy atom. The Hall–Kier alpha value is -2.55. The highest BCUT2D eigenvalue weighted by Crippen LogP contribution is 2.42. The normalized spacial score (nSPS) is 20.1. The molecule has 1 amide bonds. The third kappa shape index (κ3) is 3.84. The Morgan fingerprint density at radius 3 is 2.61 bits per heavy atom. The lowest BCUT2D eigenvalue weighted by atomic mass is 9.86. The third-order valence-corrected chi connectivity index (χ3v) is 6.60. The van der Waals surface area contributed by atoms with Crippen LogP contribution in [0.1, 0.15) is 29.0 Å². The average molecular weight is 390 g/mol. The van der Waals surface area contributed by atoms with E-state index in [1.807, 2.05) is 42.2 Å². The molecule has 0 bridgehead atoms. The molecular formula is C23H23N3OS. The number of hydrogen-bond donors (Lipinski definition) is 0. The minimum atomic E-state index is -0.132. The van der Waals surface area contributed by atoms with E-state index in [4.69, 9.17) is 0 Å². The van der Waals surface area contributed by atoms with E-state index in [2.05, 4.69) is 35.2 Å². The summed E-state index contributed by atoms with van der Waals surface area (Å²) in [4.78, 5) is 17.0. The van der Waals surface area contributed by atoms with Gasteiger partial charge in [0.1, 0.15) is 0 Å². The largest absolute Gasteiger partial charge is 0.292 e. The van der Waals surface area contributed by atoms with Crippen LogP contribution in [0.5, 0.6) is 0 Å². The fourth-order valence-corrected chi connectivity index (χ4v) is 4.94. The standard InChI is InChI=1S/C23H23N3OS/c1-17-7-9-19(10-8-17)20-13-22(27)26-15-25(16-28-23(26)21(20)14-24)12-11-18-5-3-2-4-6-18/h2-10,20H,11-13,15-16H2,1H3/t20-/m0/s1. The SMILES string of the molecule is Cc1ccc([C@@H]2CC(=O)N3CN(CCc4ccccc4)CSC3=C2C#N)cc1. The molecule has 1 fully saturated rings. The number of nitriles is 1. The number of nitrogens with zero attached hydrogens (tertiary/aromatic N) is 3. The highest BCUT2D eigenvalue weighted by molar-refractivity contribution is 8.03. The van der Waals surface area contributed by atoms with Crippen LogP contribution in [0, 0.1) is 18.3 Å². The van der Waals surface area contributed by atoms with Crippen molar-refractivity contribution >= 4 is 17.7 Å². The van der Waals surface area contributed by atoms with E-state index in [1.165, 1.54) is 11.1 Å². The van der Waals surface area contributed by atoms with Crippen LogP contribution >= 0.6 is 11.8 Å². The Bertz CT molecular complexity index is 931. The molecule has 5 heteroatoms. The third-order valence-electron chi connectivity index (χ3n) is 5.39. The highest BCUT2D eigenvalue weighted by Gasteiger charge is 2.38. The number of hydrogen-bond acceptors (Lipinski definition) is 4. The van der Waals surface area contributed by atoms with Crippen molar-refractivity contribution in [3.05, 3.63) is 81.9 Å². The Labute approximate surface area is 170 Å². The first-order valence-corrected chi connectivity index (χ1v) is 10.5. The molecule has 0 saturated carbocycles. The second kappa shape index (κ2) is 8.22. The molecule has 4 nitrogen and oxygen atoms in total. The lowest BCUT2D eigenvalue weighted by molar-refractivity contribution is -0.131. The number of fused-ring (bicyclic) bond motifs is 1. The summed E-state index contributed by atoms with van der Waals surface area (Å²) in [6.45, 7) is 3.51. The summed E-state index contributed by atoms with van der Waals surface area (Å²) in [5, 5.41) is 10.7. The smallest absolute Gasteiger partial charge is 0.229 e. The minimum Gasteiger partial charge on any atom is -0.292 e. The summed E-state index contributed by atoms with van der Waals surface area (Å²) >= 11 is 1.62. The van der Waals surface area contributed by atoms with E-state index in [0.29, 0.717) is 13.1 Å². The molecule has 1 saturated heterocycles. The molecule has 2 aliphatic rings. The van der Waals surface area contributed by atoms with Crippen molar-refractivity contribution in [1.82, 2.24) is 9.80 Å². The quantitative estimate of drug-likeness (QED) is 0.784. The van der Waals surface area contributed by atoms with Crippen molar-refractivity contribution in [1.29, 1.82) is 5.26 Å². The summed E-state index contributed by atoms with van der Waals surface area (Å²) in [5.41, 5.74) is 4.27. The van der Waals surface area contributed by atoms with Gasteiger partial charge in [0, 0.05) is 18.9 Å². The second-order valence-corrected chi connectivity index (χ2v) is 8.30. The van der Waals surface area contributed by atoms with Crippen LogP contribution in [0.4, 0.5) is 0 Å². The van der Waals surface area contributed by atoms with Gasteiger partial charge in [0.15, 0.2) is 0 Å². The zero-order chi connectivity index (χ0) is 19.5. The molecule has 2 aromatic rings. The van der Waals surface area contributed by atoms with Crippen molar-refractivity contribution in [3.63, 3.8) is 0 Å². The molecule has 142 valence electrons. The van der Waals surface area contributed by atoms with Crippen molar-refractivity contribution in [2.45, 2.75) is 25.7 Å². The van der Waals surface area contributed by atoms with Gasteiger partial charge in [-0.2, -0.15) is 5.26 Å². The average Bonchev–Trinajstić information content (AvgIpc) is 2.73. The molecule has 0 spiro atoms. The maximum atomic E-state index is 12.9. The van der Waals surface area contributed by atoms with Gasteiger partial charge >= 0.3 is 0 Å². The number of aryl methyl sites for hydroxylation is 1. The summed E-state index contributed by atoms with van der Waals surface area (Å²) in [5.74, 6) is 0.779. The molecule has 0 N–H and O–H groups in total. The number of carbonyl (C=O) groups excluding carboxylic acids is 1. The van der Waals surface area contributed by atoms with Crippen LogP contribution in [0.3, 0.4) is 0 Å². The summed E-state index contributed by atoms with van der Waals surface area (Å²) in [6.07, 6.45) is 1.32. The molecule has 0 radical (unpaired) electrons. The van der Waals surface area contributed by atoms with E-state index in [0.717, 1.165) is 35.0 Å². The molecule has 2 aromatic carbocycles. The number of carbonyl (C=O) groups is 1. The van der Waals surface area contributed by atoms with E-state index in [-0.39, 0.29) is 11.8 Å². The van der Waals surface area contributed by atoms with Gasteiger partial charge in [0.05, 0.1) is 29.2 Å². The maximum absolute atomic E-state index is 12.9. The van der Waals surface area contributed by atoms with Gasteiger partial charge < -0.3 is 0 Å². The predicted octanol–water partition coefficient (Wildman–Crippen LogP) is 4.25. The van der Waals surface area contributed by atoms with Crippen molar-refractivity contribution in [2.24, 2.45) is 0 Å². The van der Waals surface area contributed by atoms with Gasteiger partial charge in [0.25, 0.3) is 0 Å². The summed E-state index contributed by atoms with van der Waals surface area (Å²) in [6, 6.07) is 21.0. The van der Waals surface area contributed by atoms with Gasteiger partial charge in [-0.25, -0.2) is 0 Å². The van der Waals surface area contributed by atoms with Crippen LogP contribution in [0.25, 0.3) is 0 Å². The van der Waals surface area contributed by atoms with Crippen LogP contribution in [-0.4, -0.2) is 34.8 Å². The van der Waals surface area contributed by atoms with Crippen LogP contribution < -0.4 is 0 Å². The van der Waals surface area contributed by atoms with Gasteiger partial charge in [0.2, 0.25) is 5.91 Å². The maximum Gasteiger partial charge on any atom is 0.229 e. The molecule has 2 heterocycles. The van der Waals surface area contributed by atoms with Gasteiger partial charge in [-0.3, -0.25) is 14.6 Å². The zero-order valence-corrected chi connectivity index (χ0v) is 16.8. The number of benzene rings is 2. The summed E-state index contributed by atoms with van der Waals surface area (Å²) < 4.78 is 0. The molecule has 4 rings (SSSR count). The molecule has 0 aliphatic carbocycles. The van der Waals surface area contributed by atoms with Crippen molar-refractivity contribution < 1.29 is 4.79 Å². The van der Waals surface area contributed by atoms with Gasteiger partial charge in [-0.05, 0) is 24.5 Å². The molecule has 2 aliphatic heterocycles. The van der Waals surface area contributed by atoms with Crippen LogP contribution in [0.15, 0.2) is 65.2 Å². The first-order chi connectivity index (χ1) is 13.7. The van der Waals surface area contributed by atoms with E-state index >= 15 is 0 Å². The summed E-state index contributed by atoms with van der Waals surface area (Å²) in [7, 11) is 0. The first kappa shape index (κ1) is 18.8. The molecule has 0 unspecified atom stereocenters. The minimum absolute atomic E-state index is 0.108. The Morgan fingerprint density at radius 2 is 1.89 bits per heavy atom. The molecule has 28 heavy (non-hydrogen) atoms. The number of rotatable bonds is 4. The number of thioether (sulfide) groups is 1. The van der Waals surface area contributed by atoms with Gasteiger partial charge in [-0.1, -0.05) is 71.9 Å². The fourth-order valence-electron chi connectivity index (χ4n) is 3.76. The van der Waals surface area contributed by atoms with Crippen molar-refractivity contribution in [3.8, 4) is 6.07 Å². The van der Waals surface area contributed by atoms with Crippen LogP contribution in [0.2, 0.25) is 0 Å². The highest BCUT2D eigenvalue weighted by atomic mass is 32.2. The topological polar surface area (TPSA) is 47.3 Å². The molecule has 1 atom stereocenters. The second-order valence-electron chi connectivity index (χ2n) is 7.36. The Balaban J connectivity index is 1.51. The fraction of sp³-hybridized carbons (Fsp3) is 0.304. The first-order valence-electron chi connectivity index (χ1n) is 9.56. The zero-order valence-electron chi connectivity index (χ0n) is 16.0. The van der Waals surface area contributed by atoms with Gasteiger partial charge in [-0.15, -0.1) is 0 Å². The van der Waals surface area contributed by atoms with Crippen LogP contribution in [-0.2, 0) is 11.2 Å². The Kier molecular flexibility index (Phi) is 5.52. The lowest BCUT2D eigenvalue weighted by Crippen LogP contribution is -2.47. The number of allylic oxidation sites excluding steroid dienone is 1. The van der Waals surface area contributed by atoms with E-state index in [9.17, 15) is 10.1 Å². The predicted molar refractivity (Wildman–Crippen MR) is 112 cm³/mol. The van der Waals surface area contributed by atoms with E-state index in [1.54, 1.807) is 11.8 Å². The lowest BCUT2D eigenvalue weighted by Gasteiger charge is -2.41. The molecule has 0 aromatic heterocycles.